The molecule has 0 amide bonds. The summed E-state index contributed by atoms with van der Waals surface area (Å²) in [5, 5.41) is 13.5. The van der Waals surface area contributed by atoms with E-state index in [0.29, 0.717) is 60.4 Å². The van der Waals surface area contributed by atoms with Crippen LogP contribution < -0.4 is 5.32 Å². The highest BCUT2D eigenvalue weighted by molar-refractivity contribution is 7.99. The topological polar surface area (TPSA) is 184 Å². The number of sulfone groups is 1. The van der Waals surface area contributed by atoms with Crippen LogP contribution in [-0.4, -0.2) is 169 Å². The van der Waals surface area contributed by atoms with Crippen LogP contribution in [0.2, 0.25) is 0 Å². The first-order valence-electron chi connectivity index (χ1n) is 30.6. The maximum absolute atomic E-state index is 11.9. The summed E-state index contributed by atoms with van der Waals surface area (Å²) in [5.74, 6) is 7.80. The minimum atomic E-state index is -2.92. The van der Waals surface area contributed by atoms with E-state index in [2.05, 4.69) is 49.7 Å². The van der Waals surface area contributed by atoms with Crippen molar-refractivity contribution in [3.8, 4) is 0 Å². The van der Waals surface area contributed by atoms with Gasteiger partial charge in [-0.05, 0) is 114 Å². The van der Waals surface area contributed by atoms with Gasteiger partial charge in [-0.25, -0.2) is 37.7 Å². The summed E-state index contributed by atoms with van der Waals surface area (Å²) in [7, 11) is -2.92. The van der Waals surface area contributed by atoms with Gasteiger partial charge in [0.1, 0.15) is 12.5 Å². The first-order valence-corrected chi connectivity index (χ1v) is 34.7. The average molecular weight is 1160 g/mol. The lowest BCUT2D eigenvalue weighted by Gasteiger charge is -2.61. The van der Waals surface area contributed by atoms with Crippen LogP contribution in [-0.2, 0) is 67.6 Å². The Hall–Kier alpha value is 0.01000. The first kappa shape index (κ1) is 58.4. The zero-order valence-corrected chi connectivity index (χ0v) is 50.6. The van der Waals surface area contributed by atoms with Gasteiger partial charge in [0.25, 0.3) is 0 Å². The Bertz CT molecular complexity index is 2190. The number of fused-ring (bicyclic) bond motifs is 6. The Kier molecular flexibility index (Phi) is 16.8. The molecule has 18 aliphatic rings. The summed E-state index contributed by atoms with van der Waals surface area (Å²) in [5.41, 5.74) is -1.52. The molecule has 15 aliphatic heterocycles. The molecule has 6 bridgehead atoms. The second-order valence-electron chi connectivity index (χ2n) is 27.1. The Labute approximate surface area is 473 Å². The fourth-order valence-corrected chi connectivity index (χ4v) is 20.8. The Morgan fingerprint density at radius 1 is 0.462 bits per heavy atom. The molecule has 18 nitrogen and oxygen atoms in total. The SMILES string of the molecule is C1CSCCN1.C[C@@H]1CC[C@H]2[C@@H](C)C(O)O[C@@H]3O[C@]4(C)CC[C@@H]1C32OO4.C[C@H]1[C@H](N2CCS(=O)(=O)CC2)O[C@@H]2O[C@]3(C)CC[C@H]4[C@H](C)CC[C@@H]1C24OO3.C[C@H]1[C@H](N2CCSCC2)O[C@@H]2O[C@]3(C)CC[C@H]4[C@H](C)CC[C@@H]1C24OO3. The van der Waals surface area contributed by atoms with E-state index in [1.54, 1.807) is 0 Å². The van der Waals surface area contributed by atoms with Gasteiger partial charge < -0.3 is 38.8 Å². The Balaban J connectivity index is 0.000000112. The van der Waals surface area contributed by atoms with E-state index in [0.717, 1.165) is 64.5 Å². The summed E-state index contributed by atoms with van der Waals surface area (Å²) in [4.78, 5) is 40.5. The molecule has 0 aromatic rings. The minimum Gasteiger partial charge on any atom is -0.368 e. The van der Waals surface area contributed by atoms with Crippen molar-refractivity contribution in [3.63, 3.8) is 0 Å². The van der Waals surface area contributed by atoms with Crippen molar-refractivity contribution in [3.05, 3.63) is 0 Å². The van der Waals surface area contributed by atoms with Crippen LogP contribution in [0.15, 0.2) is 0 Å². The molecule has 2 N–H and O–H groups in total. The zero-order valence-electron chi connectivity index (χ0n) is 48.1. The predicted molar refractivity (Wildman–Crippen MR) is 292 cm³/mol. The summed E-state index contributed by atoms with van der Waals surface area (Å²) >= 11 is 4.08. The number of ether oxygens (including phenoxy) is 6. The number of nitrogens with zero attached hydrogens (tertiary/aromatic N) is 2. The monoisotopic (exact) mass is 1160 g/mol. The van der Waals surface area contributed by atoms with Crippen molar-refractivity contribution >= 4 is 33.4 Å². The number of rotatable bonds is 2. The summed E-state index contributed by atoms with van der Waals surface area (Å²) < 4.78 is 61.6. The van der Waals surface area contributed by atoms with Gasteiger partial charge in [-0.1, -0.05) is 41.5 Å². The average Bonchev–Trinajstić information content (AvgIpc) is 4.08. The summed E-state index contributed by atoms with van der Waals surface area (Å²) in [6.45, 7) is 25.1. The quantitative estimate of drug-likeness (QED) is 0.257. The van der Waals surface area contributed by atoms with Gasteiger partial charge in [-0.3, -0.25) is 9.80 Å². The second kappa shape index (κ2) is 22.4. The fourth-order valence-electron chi connectivity index (χ4n) is 17.8. The molecule has 0 aromatic carbocycles. The van der Waals surface area contributed by atoms with Gasteiger partial charge in [-0.2, -0.15) is 23.5 Å². The van der Waals surface area contributed by atoms with Crippen molar-refractivity contribution in [2.75, 3.05) is 73.8 Å². The van der Waals surface area contributed by atoms with E-state index in [4.69, 9.17) is 57.7 Å². The summed E-state index contributed by atoms with van der Waals surface area (Å²) in [6.07, 6.45) is 10.5. The molecular weight excluding hydrogens is 1060 g/mol. The van der Waals surface area contributed by atoms with Crippen molar-refractivity contribution in [1.82, 2.24) is 15.1 Å². The van der Waals surface area contributed by atoms with Crippen LogP contribution in [0.3, 0.4) is 0 Å². The van der Waals surface area contributed by atoms with Crippen molar-refractivity contribution < 1.29 is 71.3 Å². The van der Waals surface area contributed by atoms with E-state index in [-0.39, 0.29) is 53.9 Å². The minimum absolute atomic E-state index is 0.0379. The normalized spacial score (nSPS) is 54.7. The number of nitrogens with one attached hydrogen (secondary N) is 1. The smallest absolute Gasteiger partial charge is 0.201 e. The standard InChI is InChI=1S/C19H31NO6S.C19H31NO4S.C15H24O5.C4H9NS/c1-12-4-5-15-13(2)16(20-8-10-27(21,22)11-9-20)23-17-19(15)14(12)6-7-18(3,24-17)25-26-19;1-12-4-5-15-13(2)16(20-8-10-25-11-9-20)21-17-19(15)14(12)6-7-18(3,22-17)23-24-19;1-8-4-5-11-9(2)12(16)17-13-15(11)10(8)6-7-14(3,18-13)19-20-15;1-3-6-4-2-5-1/h12-17H,4-11H2,1-3H3;12-17H,4-11H2,1-3H3;8-13,16H,4-7H2,1-3H3;5H,1-4H2/t2*12-,13-,14+,15+,16-,17-,18+,19?;8-,9-,10+,11+,12?,13-,14+,15?;/m111./s1. The molecule has 15 heterocycles. The largest absolute Gasteiger partial charge is 0.368 e. The van der Waals surface area contributed by atoms with Crippen LogP contribution >= 0.6 is 23.5 Å². The van der Waals surface area contributed by atoms with Gasteiger partial charge >= 0.3 is 0 Å². The van der Waals surface area contributed by atoms with Crippen LogP contribution in [0.4, 0.5) is 0 Å². The van der Waals surface area contributed by atoms with E-state index < -0.39 is 62.9 Å². The van der Waals surface area contributed by atoms with Crippen LogP contribution in [0.5, 0.6) is 0 Å². The third kappa shape index (κ3) is 10.2. The highest BCUT2D eigenvalue weighted by Crippen LogP contribution is 2.64. The van der Waals surface area contributed by atoms with Crippen LogP contribution in [0.1, 0.15) is 139 Å². The maximum atomic E-state index is 11.9. The molecule has 18 fully saturated rings. The molecule has 24 atom stereocenters. The number of aliphatic hydroxyl groups is 1. The van der Waals surface area contributed by atoms with Gasteiger partial charge in [0.15, 0.2) is 51.8 Å². The molecule has 3 saturated carbocycles. The van der Waals surface area contributed by atoms with Gasteiger partial charge in [-0.15, -0.1) is 0 Å². The molecule has 15 saturated heterocycles. The predicted octanol–water partition coefficient (Wildman–Crippen LogP) is 7.68. The molecule has 446 valence electrons. The highest BCUT2D eigenvalue weighted by Gasteiger charge is 2.73. The third-order valence-corrected chi connectivity index (χ3v) is 25.9. The molecule has 21 heteroatoms. The van der Waals surface area contributed by atoms with Crippen molar-refractivity contribution in [2.45, 2.75) is 211 Å². The Morgan fingerprint density at radius 2 is 0.833 bits per heavy atom. The molecule has 18 rings (SSSR count). The Morgan fingerprint density at radius 3 is 1.22 bits per heavy atom. The van der Waals surface area contributed by atoms with Crippen LogP contribution in [0, 0.1) is 71.0 Å². The molecule has 0 radical (unpaired) electrons. The lowest BCUT2D eigenvalue weighted by Crippen LogP contribution is -2.72. The molecule has 4 unspecified atom stereocenters. The molecular formula is C57H95N3O15S3. The zero-order chi connectivity index (χ0) is 54.6. The molecule has 78 heavy (non-hydrogen) atoms. The fraction of sp³-hybridized carbons (Fsp3) is 1.00. The van der Waals surface area contributed by atoms with Gasteiger partial charge in [0, 0.05) is 117 Å². The number of thioether (sulfide) groups is 2. The van der Waals surface area contributed by atoms with Crippen molar-refractivity contribution in [1.29, 1.82) is 0 Å². The number of hydrogen-bond donors (Lipinski definition) is 2. The van der Waals surface area contributed by atoms with E-state index in [1.807, 2.05) is 51.2 Å². The number of hydrogen-bond acceptors (Lipinski definition) is 20. The summed E-state index contributed by atoms with van der Waals surface area (Å²) in [6, 6.07) is 0. The lowest BCUT2D eigenvalue weighted by atomic mass is 9.58. The number of aliphatic hydroxyl groups excluding tert-OH is 1. The van der Waals surface area contributed by atoms with E-state index >= 15 is 0 Å². The first-order chi connectivity index (χ1) is 37.2. The van der Waals surface area contributed by atoms with Crippen LogP contribution in [0.25, 0.3) is 0 Å². The van der Waals surface area contributed by atoms with Gasteiger partial charge in [0.05, 0.1) is 11.5 Å². The maximum Gasteiger partial charge on any atom is 0.201 e. The van der Waals surface area contributed by atoms with Crippen molar-refractivity contribution in [2.24, 2.45) is 71.0 Å². The third-order valence-electron chi connectivity index (χ3n) is 22.4. The lowest BCUT2D eigenvalue weighted by molar-refractivity contribution is -0.576. The highest BCUT2D eigenvalue weighted by atomic mass is 32.2. The molecule has 3 aliphatic carbocycles. The molecule has 0 aromatic heterocycles. The van der Waals surface area contributed by atoms with Gasteiger partial charge in [0.2, 0.25) is 17.4 Å². The van der Waals surface area contributed by atoms with E-state index in [1.165, 1.54) is 61.8 Å². The van der Waals surface area contributed by atoms with E-state index in [9.17, 15) is 13.5 Å². The molecule has 3 spiro atoms. The second-order valence-corrected chi connectivity index (χ2v) is 31.8.